The van der Waals surface area contributed by atoms with Crippen molar-refractivity contribution in [2.24, 2.45) is 0 Å². The molecule has 2 aromatic rings. The first-order chi connectivity index (χ1) is 8.60. The highest BCUT2D eigenvalue weighted by Crippen LogP contribution is 2.32. The highest BCUT2D eigenvalue weighted by molar-refractivity contribution is 9.10. The Kier molecular flexibility index (Phi) is 4.13. The summed E-state index contributed by atoms with van der Waals surface area (Å²) >= 11 is 15.5. The average molecular weight is 342 g/mol. The van der Waals surface area contributed by atoms with Crippen molar-refractivity contribution in [1.29, 1.82) is 5.26 Å². The zero-order valence-electron chi connectivity index (χ0n) is 9.05. The molecule has 0 fully saturated rings. The fourth-order valence-corrected chi connectivity index (χ4v) is 2.18. The first-order valence-corrected chi connectivity index (χ1v) is 6.57. The van der Waals surface area contributed by atoms with Gasteiger partial charge in [-0.2, -0.15) is 5.26 Å². The Balaban J connectivity index is 2.34. The Bertz CT molecular complexity index is 635. The van der Waals surface area contributed by atoms with Gasteiger partial charge in [-0.15, -0.1) is 0 Å². The predicted octanol–water partition coefficient (Wildman–Crippen LogP) is 5.37. The van der Waals surface area contributed by atoms with Gasteiger partial charge >= 0.3 is 0 Å². The van der Waals surface area contributed by atoms with E-state index in [1.165, 1.54) is 0 Å². The molecule has 0 saturated carbocycles. The van der Waals surface area contributed by atoms with Crippen molar-refractivity contribution in [1.82, 2.24) is 0 Å². The molecule has 0 bridgehead atoms. The fraction of sp³-hybridized carbons (Fsp3) is 0. The third kappa shape index (κ3) is 2.97. The van der Waals surface area contributed by atoms with Gasteiger partial charge in [0.1, 0.15) is 0 Å². The van der Waals surface area contributed by atoms with Crippen LogP contribution in [0.1, 0.15) is 5.56 Å². The molecule has 0 unspecified atom stereocenters. The minimum atomic E-state index is 0.477. The predicted molar refractivity (Wildman–Crippen MR) is 78.6 cm³/mol. The van der Waals surface area contributed by atoms with Crippen molar-refractivity contribution in [3.8, 4) is 6.07 Å². The second-order valence-electron chi connectivity index (χ2n) is 3.56. The monoisotopic (exact) mass is 340 g/mol. The molecule has 0 saturated heterocycles. The van der Waals surface area contributed by atoms with Gasteiger partial charge in [0.25, 0.3) is 0 Å². The maximum Gasteiger partial charge on any atom is 0.0992 e. The van der Waals surface area contributed by atoms with Crippen LogP contribution in [-0.4, -0.2) is 0 Å². The van der Waals surface area contributed by atoms with Gasteiger partial charge in [-0.05, 0) is 36.4 Å². The van der Waals surface area contributed by atoms with Crippen LogP contribution in [0.15, 0.2) is 40.9 Å². The van der Waals surface area contributed by atoms with E-state index in [-0.39, 0.29) is 0 Å². The Morgan fingerprint density at radius 3 is 2.44 bits per heavy atom. The van der Waals surface area contributed by atoms with Gasteiger partial charge in [0.05, 0.1) is 33.1 Å². The highest BCUT2D eigenvalue weighted by atomic mass is 79.9. The number of nitriles is 1. The van der Waals surface area contributed by atoms with Crippen LogP contribution in [0.25, 0.3) is 0 Å². The lowest BCUT2D eigenvalue weighted by Crippen LogP contribution is -1.92. The van der Waals surface area contributed by atoms with E-state index >= 15 is 0 Å². The number of benzene rings is 2. The second-order valence-corrected chi connectivity index (χ2v) is 5.29. The lowest BCUT2D eigenvalue weighted by molar-refractivity contribution is 1.47. The van der Waals surface area contributed by atoms with Crippen LogP contribution in [0.5, 0.6) is 0 Å². The van der Waals surface area contributed by atoms with Crippen LogP contribution < -0.4 is 5.32 Å². The van der Waals surface area contributed by atoms with Crippen LogP contribution in [0.2, 0.25) is 10.0 Å². The molecule has 1 N–H and O–H groups in total. The largest absolute Gasteiger partial charge is 0.353 e. The molecule has 0 aromatic heterocycles. The van der Waals surface area contributed by atoms with Crippen molar-refractivity contribution in [2.75, 3.05) is 5.32 Å². The molecule has 5 heteroatoms. The number of hydrogen-bond donors (Lipinski definition) is 1. The van der Waals surface area contributed by atoms with E-state index in [4.69, 9.17) is 28.5 Å². The Hall–Kier alpha value is -1.21. The van der Waals surface area contributed by atoms with Crippen molar-refractivity contribution < 1.29 is 0 Å². The van der Waals surface area contributed by atoms with E-state index in [2.05, 4.69) is 21.2 Å². The third-order valence-electron chi connectivity index (χ3n) is 2.30. The van der Waals surface area contributed by atoms with Gasteiger partial charge in [-0.25, -0.2) is 0 Å². The number of nitrogens with zero attached hydrogens (tertiary/aromatic N) is 1. The van der Waals surface area contributed by atoms with Gasteiger partial charge in [0, 0.05) is 4.47 Å². The smallest absolute Gasteiger partial charge is 0.0992 e. The van der Waals surface area contributed by atoms with Gasteiger partial charge in [-0.1, -0.05) is 39.1 Å². The maximum atomic E-state index is 8.77. The molecule has 2 nitrogen and oxygen atoms in total. The van der Waals surface area contributed by atoms with Crippen molar-refractivity contribution >= 4 is 50.5 Å². The maximum absolute atomic E-state index is 8.77. The number of hydrogen-bond acceptors (Lipinski definition) is 2. The van der Waals surface area contributed by atoms with Crippen LogP contribution in [0.4, 0.5) is 11.4 Å². The van der Waals surface area contributed by atoms with Crippen LogP contribution in [0.3, 0.4) is 0 Å². The first kappa shape index (κ1) is 13.2. The quantitative estimate of drug-likeness (QED) is 0.796. The summed E-state index contributed by atoms with van der Waals surface area (Å²) < 4.78 is 0.916. The zero-order valence-corrected chi connectivity index (χ0v) is 12.1. The molecule has 18 heavy (non-hydrogen) atoms. The summed E-state index contributed by atoms with van der Waals surface area (Å²) in [7, 11) is 0. The van der Waals surface area contributed by atoms with Gasteiger partial charge in [-0.3, -0.25) is 0 Å². The summed E-state index contributed by atoms with van der Waals surface area (Å²) in [6, 6.07) is 12.6. The van der Waals surface area contributed by atoms with Crippen LogP contribution in [0, 0.1) is 11.3 Å². The molecule has 2 aromatic carbocycles. The molecule has 0 amide bonds. The summed E-state index contributed by atoms with van der Waals surface area (Å²) in [4.78, 5) is 0. The van der Waals surface area contributed by atoms with Crippen LogP contribution >= 0.6 is 39.1 Å². The van der Waals surface area contributed by atoms with E-state index in [0.717, 1.165) is 10.2 Å². The standard InChI is InChI=1S/C13H7BrCl2N2/c14-9-2-3-10(15)13(6-9)18-12-4-1-8(7-17)5-11(12)16/h1-6,18H. The zero-order chi connectivity index (χ0) is 13.1. The lowest BCUT2D eigenvalue weighted by Gasteiger charge is -2.10. The lowest BCUT2D eigenvalue weighted by atomic mass is 10.2. The molecule has 0 aliphatic carbocycles. The van der Waals surface area contributed by atoms with E-state index in [0.29, 0.717) is 21.3 Å². The SMILES string of the molecule is N#Cc1ccc(Nc2cc(Br)ccc2Cl)c(Cl)c1. The fourth-order valence-electron chi connectivity index (χ4n) is 1.42. The minimum Gasteiger partial charge on any atom is -0.353 e. The van der Waals surface area contributed by atoms with E-state index in [1.54, 1.807) is 24.3 Å². The van der Waals surface area contributed by atoms with E-state index < -0.39 is 0 Å². The molecule has 2 rings (SSSR count). The molecule has 0 spiro atoms. The Morgan fingerprint density at radius 1 is 1.00 bits per heavy atom. The van der Waals surface area contributed by atoms with Crippen molar-refractivity contribution in [3.63, 3.8) is 0 Å². The number of anilines is 2. The van der Waals surface area contributed by atoms with Gasteiger partial charge in [0.15, 0.2) is 0 Å². The molecule has 0 atom stereocenters. The normalized spacial score (nSPS) is 9.89. The molecule has 0 radical (unpaired) electrons. The molecule has 0 heterocycles. The molecule has 90 valence electrons. The summed E-state index contributed by atoms with van der Waals surface area (Å²) in [5.41, 5.74) is 1.97. The Morgan fingerprint density at radius 2 is 1.78 bits per heavy atom. The molecule has 0 aliphatic rings. The second kappa shape index (κ2) is 5.62. The minimum absolute atomic E-state index is 0.477. The number of halogens is 3. The summed E-state index contributed by atoms with van der Waals surface area (Å²) in [5, 5.41) is 13.0. The van der Waals surface area contributed by atoms with E-state index in [1.807, 2.05) is 18.2 Å². The molecule has 0 aliphatic heterocycles. The van der Waals surface area contributed by atoms with Crippen LogP contribution in [-0.2, 0) is 0 Å². The van der Waals surface area contributed by atoms with E-state index in [9.17, 15) is 0 Å². The molecular weight excluding hydrogens is 335 g/mol. The summed E-state index contributed by atoms with van der Waals surface area (Å²) in [5.74, 6) is 0. The highest BCUT2D eigenvalue weighted by Gasteiger charge is 2.05. The first-order valence-electron chi connectivity index (χ1n) is 5.02. The number of rotatable bonds is 2. The van der Waals surface area contributed by atoms with Crippen molar-refractivity contribution in [2.45, 2.75) is 0 Å². The Labute approximate surface area is 123 Å². The summed E-state index contributed by atoms with van der Waals surface area (Å²) in [6.45, 7) is 0. The average Bonchev–Trinajstić information content (AvgIpc) is 2.36. The number of nitrogens with one attached hydrogen (secondary N) is 1. The van der Waals surface area contributed by atoms with Crippen molar-refractivity contribution in [3.05, 3.63) is 56.5 Å². The topological polar surface area (TPSA) is 35.8 Å². The summed E-state index contributed by atoms with van der Waals surface area (Å²) in [6.07, 6.45) is 0. The molecular formula is C13H7BrCl2N2. The van der Waals surface area contributed by atoms with Gasteiger partial charge < -0.3 is 5.32 Å². The van der Waals surface area contributed by atoms with Gasteiger partial charge in [0.2, 0.25) is 0 Å². The third-order valence-corrected chi connectivity index (χ3v) is 3.43.